The van der Waals surface area contributed by atoms with Gasteiger partial charge in [-0.3, -0.25) is 0 Å². The van der Waals surface area contributed by atoms with E-state index in [2.05, 4.69) is 60.9 Å². The molecule has 0 spiro atoms. The van der Waals surface area contributed by atoms with Crippen molar-refractivity contribution in [3.8, 4) is 0 Å². The van der Waals surface area contributed by atoms with Crippen LogP contribution in [-0.2, 0) is 6.54 Å². The van der Waals surface area contributed by atoms with Gasteiger partial charge in [0.25, 0.3) is 0 Å². The molecule has 0 aliphatic carbocycles. The van der Waals surface area contributed by atoms with E-state index in [9.17, 15) is 0 Å². The SMILES string of the molecule is CCCNC(C)c1cccn1Cc1nc(C)c(C)s1. The Morgan fingerprint density at radius 3 is 2.84 bits per heavy atom. The van der Waals surface area contributed by atoms with Crippen molar-refractivity contribution >= 4 is 11.3 Å². The first-order valence-corrected chi connectivity index (χ1v) is 7.74. The van der Waals surface area contributed by atoms with Crippen LogP contribution in [0.2, 0.25) is 0 Å². The van der Waals surface area contributed by atoms with Crippen LogP contribution in [0.4, 0.5) is 0 Å². The van der Waals surface area contributed by atoms with Crippen molar-refractivity contribution in [2.45, 2.75) is 46.7 Å². The van der Waals surface area contributed by atoms with Gasteiger partial charge in [0.15, 0.2) is 0 Å². The van der Waals surface area contributed by atoms with Crippen LogP contribution in [0.25, 0.3) is 0 Å². The van der Waals surface area contributed by atoms with Gasteiger partial charge in [0.05, 0.1) is 12.2 Å². The maximum atomic E-state index is 4.62. The fraction of sp³-hybridized carbons (Fsp3) is 0.533. The van der Waals surface area contributed by atoms with E-state index in [0.29, 0.717) is 6.04 Å². The van der Waals surface area contributed by atoms with Crippen LogP contribution in [0, 0.1) is 13.8 Å². The minimum atomic E-state index is 0.386. The molecule has 0 bridgehead atoms. The van der Waals surface area contributed by atoms with Crippen LogP contribution < -0.4 is 5.32 Å². The molecule has 2 aromatic rings. The maximum Gasteiger partial charge on any atom is 0.113 e. The Bertz CT molecular complexity index is 508. The average molecular weight is 277 g/mol. The third-order valence-corrected chi connectivity index (χ3v) is 4.44. The number of rotatable bonds is 6. The Kier molecular flexibility index (Phi) is 4.77. The van der Waals surface area contributed by atoms with Crippen LogP contribution in [0.3, 0.4) is 0 Å². The Labute approximate surface area is 119 Å². The standard InChI is InChI=1S/C15H23N3S/c1-5-8-16-12(3)14-7-6-9-18(14)10-15-17-11(2)13(4)19-15/h6-7,9,12,16H,5,8,10H2,1-4H3. The van der Waals surface area contributed by atoms with Crippen LogP contribution in [0.1, 0.15) is 47.6 Å². The van der Waals surface area contributed by atoms with E-state index in [1.165, 1.54) is 15.6 Å². The van der Waals surface area contributed by atoms with Gasteiger partial charge in [0, 0.05) is 22.8 Å². The molecule has 3 nitrogen and oxygen atoms in total. The Balaban J connectivity index is 2.11. The van der Waals surface area contributed by atoms with Crippen molar-refractivity contribution in [3.05, 3.63) is 39.6 Å². The van der Waals surface area contributed by atoms with E-state index in [4.69, 9.17) is 0 Å². The Morgan fingerprint density at radius 2 is 2.21 bits per heavy atom. The second-order valence-electron chi connectivity index (χ2n) is 4.99. The third-order valence-electron chi connectivity index (χ3n) is 3.39. The van der Waals surface area contributed by atoms with E-state index in [-0.39, 0.29) is 0 Å². The highest BCUT2D eigenvalue weighted by Gasteiger charge is 2.11. The van der Waals surface area contributed by atoms with Crippen molar-refractivity contribution in [2.75, 3.05) is 6.54 Å². The number of aromatic nitrogens is 2. The molecule has 1 N–H and O–H groups in total. The number of nitrogens with one attached hydrogen (secondary N) is 1. The molecule has 0 aliphatic rings. The van der Waals surface area contributed by atoms with Crippen LogP contribution in [0.5, 0.6) is 0 Å². The molecular weight excluding hydrogens is 254 g/mol. The predicted octanol–water partition coefficient (Wildman–Crippen LogP) is 3.67. The minimum Gasteiger partial charge on any atom is -0.343 e. The molecule has 0 amide bonds. The summed E-state index contributed by atoms with van der Waals surface area (Å²) in [5.41, 5.74) is 2.49. The zero-order valence-electron chi connectivity index (χ0n) is 12.2. The topological polar surface area (TPSA) is 29.9 Å². The zero-order valence-corrected chi connectivity index (χ0v) is 13.0. The highest BCUT2D eigenvalue weighted by molar-refractivity contribution is 7.11. The summed E-state index contributed by atoms with van der Waals surface area (Å²) >= 11 is 1.80. The molecule has 1 unspecified atom stereocenters. The highest BCUT2D eigenvalue weighted by atomic mass is 32.1. The van der Waals surface area contributed by atoms with Crippen LogP contribution in [-0.4, -0.2) is 16.1 Å². The molecular formula is C15H23N3S. The molecule has 0 saturated heterocycles. The van der Waals surface area contributed by atoms with Crippen molar-refractivity contribution in [3.63, 3.8) is 0 Å². The van der Waals surface area contributed by atoms with Gasteiger partial charge in [-0.25, -0.2) is 4.98 Å². The summed E-state index contributed by atoms with van der Waals surface area (Å²) < 4.78 is 2.30. The number of hydrogen-bond donors (Lipinski definition) is 1. The van der Waals surface area contributed by atoms with E-state index >= 15 is 0 Å². The van der Waals surface area contributed by atoms with E-state index in [0.717, 1.165) is 25.2 Å². The van der Waals surface area contributed by atoms with Gasteiger partial charge in [0.2, 0.25) is 0 Å². The summed E-state index contributed by atoms with van der Waals surface area (Å²) in [5, 5.41) is 4.73. The lowest BCUT2D eigenvalue weighted by atomic mass is 10.2. The largest absolute Gasteiger partial charge is 0.343 e. The molecule has 2 heterocycles. The van der Waals surface area contributed by atoms with Crippen molar-refractivity contribution in [1.29, 1.82) is 0 Å². The minimum absolute atomic E-state index is 0.386. The summed E-state index contributed by atoms with van der Waals surface area (Å²) in [7, 11) is 0. The van der Waals surface area contributed by atoms with Gasteiger partial charge >= 0.3 is 0 Å². The Hall–Kier alpha value is -1.13. The smallest absolute Gasteiger partial charge is 0.113 e. The number of aryl methyl sites for hydroxylation is 2. The number of thiazole rings is 1. The van der Waals surface area contributed by atoms with Gasteiger partial charge in [-0.15, -0.1) is 11.3 Å². The third kappa shape index (κ3) is 3.45. The normalized spacial score (nSPS) is 12.8. The molecule has 0 radical (unpaired) electrons. The molecule has 19 heavy (non-hydrogen) atoms. The number of hydrogen-bond acceptors (Lipinski definition) is 3. The molecule has 0 fully saturated rings. The van der Waals surface area contributed by atoms with Gasteiger partial charge in [-0.2, -0.15) is 0 Å². The maximum absolute atomic E-state index is 4.62. The monoisotopic (exact) mass is 277 g/mol. The van der Waals surface area contributed by atoms with E-state index in [1.807, 2.05) is 0 Å². The van der Waals surface area contributed by atoms with Crippen LogP contribution in [0.15, 0.2) is 18.3 Å². The molecule has 4 heteroatoms. The quantitative estimate of drug-likeness (QED) is 0.873. The summed E-state index contributed by atoms with van der Waals surface area (Å²) in [6.07, 6.45) is 3.31. The fourth-order valence-electron chi connectivity index (χ4n) is 2.18. The highest BCUT2D eigenvalue weighted by Crippen LogP contribution is 2.20. The molecule has 0 aliphatic heterocycles. The number of nitrogens with zero attached hydrogens (tertiary/aromatic N) is 2. The molecule has 0 aromatic carbocycles. The lowest BCUT2D eigenvalue weighted by Crippen LogP contribution is -2.22. The molecule has 2 rings (SSSR count). The van der Waals surface area contributed by atoms with Crippen molar-refractivity contribution < 1.29 is 0 Å². The second kappa shape index (κ2) is 6.35. The Morgan fingerprint density at radius 1 is 1.42 bits per heavy atom. The summed E-state index contributed by atoms with van der Waals surface area (Å²) in [5.74, 6) is 0. The zero-order chi connectivity index (χ0) is 13.8. The van der Waals surface area contributed by atoms with E-state index in [1.54, 1.807) is 11.3 Å². The second-order valence-corrected chi connectivity index (χ2v) is 6.27. The van der Waals surface area contributed by atoms with Crippen molar-refractivity contribution in [2.24, 2.45) is 0 Å². The van der Waals surface area contributed by atoms with Gasteiger partial charge in [-0.1, -0.05) is 6.92 Å². The van der Waals surface area contributed by atoms with Gasteiger partial charge in [0.1, 0.15) is 5.01 Å². The predicted molar refractivity (Wildman–Crippen MR) is 81.8 cm³/mol. The summed E-state index contributed by atoms with van der Waals surface area (Å²) in [6, 6.07) is 4.70. The summed E-state index contributed by atoms with van der Waals surface area (Å²) in [4.78, 5) is 5.95. The lowest BCUT2D eigenvalue weighted by molar-refractivity contribution is 0.534. The first-order chi connectivity index (χ1) is 9.11. The first kappa shape index (κ1) is 14.3. The first-order valence-electron chi connectivity index (χ1n) is 6.93. The van der Waals surface area contributed by atoms with Crippen molar-refractivity contribution in [1.82, 2.24) is 14.9 Å². The molecule has 1 atom stereocenters. The molecule has 104 valence electrons. The molecule has 2 aromatic heterocycles. The van der Waals surface area contributed by atoms with Gasteiger partial charge < -0.3 is 9.88 Å². The van der Waals surface area contributed by atoms with E-state index < -0.39 is 0 Å². The summed E-state index contributed by atoms with van der Waals surface area (Å²) in [6.45, 7) is 10.6. The molecule has 0 saturated carbocycles. The van der Waals surface area contributed by atoms with Crippen LogP contribution >= 0.6 is 11.3 Å². The lowest BCUT2D eigenvalue weighted by Gasteiger charge is -2.16. The average Bonchev–Trinajstić information content (AvgIpc) is 2.95. The fourth-order valence-corrected chi connectivity index (χ4v) is 3.12. The van der Waals surface area contributed by atoms with Gasteiger partial charge in [-0.05, 0) is 45.9 Å².